The molecule has 0 saturated carbocycles. The lowest BCUT2D eigenvalue weighted by molar-refractivity contribution is -0.128. The van der Waals surface area contributed by atoms with Gasteiger partial charge in [-0.05, 0) is 49.4 Å². The van der Waals surface area contributed by atoms with E-state index in [9.17, 15) is 9.59 Å². The Labute approximate surface area is 183 Å². The fourth-order valence-electron chi connectivity index (χ4n) is 2.64. The van der Waals surface area contributed by atoms with Gasteiger partial charge in [-0.15, -0.1) is 0 Å². The molecule has 6 nitrogen and oxygen atoms in total. The van der Waals surface area contributed by atoms with Crippen LogP contribution in [-0.4, -0.2) is 40.8 Å². The van der Waals surface area contributed by atoms with Crippen molar-refractivity contribution in [3.63, 3.8) is 0 Å². The van der Waals surface area contributed by atoms with Crippen LogP contribution in [0.15, 0.2) is 47.5 Å². The zero-order chi connectivity index (χ0) is 21.0. The minimum absolute atomic E-state index is 0.0730. The number of rotatable bonds is 5. The van der Waals surface area contributed by atoms with Crippen molar-refractivity contribution < 1.29 is 14.3 Å². The van der Waals surface area contributed by atoms with E-state index in [4.69, 9.17) is 27.9 Å². The van der Waals surface area contributed by atoms with Crippen LogP contribution in [0.1, 0.15) is 13.3 Å². The van der Waals surface area contributed by atoms with Crippen LogP contribution in [0.3, 0.4) is 0 Å². The fourth-order valence-corrected chi connectivity index (χ4v) is 4.23. The van der Waals surface area contributed by atoms with E-state index in [1.165, 1.54) is 16.7 Å². The van der Waals surface area contributed by atoms with Crippen molar-refractivity contribution >= 4 is 63.3 Å². The van der Waals surface area contributed by atoms with Crippen LogP contribution < -0.4 is 10.1 Å². The van der Waals surface area contributed by atoms with Gasteiger partial charge in [-0.3, -0.25) is 14.5 Å². The van der Waals surface area contributed by atoms with Crippen LogP contribution in [0.5, 0.6) is 5.75 Å². The number of ether oxygens (including phenoxy) is 1. The van der Waals surface area contributed by atoms with Crippen molar-refractivity contribution in [3.8, 4) is 5.75 Å². The highest BCUT2D eigenvalue weighted by atomic mass is 35.5. The van der Waals surface area contributed by atoms with Crippen LogP contribution in [0.2, 0.25) is 10.0 Å². The summed E-state index contributed by atoms with van der Waals surface area (Å²) in [7, 11) is 1.65. The summed E-state index contributed by atoms with van der Waals surface area (Å²) >= 11 is 13.2. The van der Waals surface area contributed by atoms with Gasteiger partial charge in [0.1, 0.15) is 11.0 Å². The minimum atomic E-state index is -0.613. The lowest BCUT2D eigenvalue weighted by atomic mass is 10.2. The summed E-state index contributed by atoms with van der Waals surface area (Å²) in [5.74, 6) is 0.251. The van der Waals surface area contributed by atoms with Crippen molar-refractivity contribution in [3.05, 3.63) is 52.5 Å². The zero-order valence-electron chi connectivity index (χ0n) is 15.8. The Morgan fingerprint density at radius 1 is 1.24 bits per heavy atom. The number of hydrogen-bond acceptors (Lipinski definition) is 5. The number of carbonyl (C=O) groups excluding carboxylic acids is 2. The molecule has 9 heteroatoms. The number of amidine groups is 1. The average molecular weight is 452 g/mol. The van der Waals surface area contributed by atoms with E-state index >= 15 is 0 Å². The Balaban J connectivity index is 1.76. The van der Waals surface area contributed by atoms with Gasteiger partial charge in [0.25, 0.3) is 0 Å². The summed E-state index contributed by atoms with van der Waals surface area (Å²) < 4.78 is 5.42. The molecule has 1 N–H and O–H groups in total. The molecule has 2 aromatic rings. The third-order valence-electron chi connectivity index (χ3n) is 4.06. The van der Waals surface area contributed by atoms with Gasteiger partial charge >= 0.3 is 0 Å². The molecule has 2 amide bonds. The molecule has 29 heavy (non-hydrogen) atoms. The number of amides is 2. The molecule has 0 bridgehead atoms. The number of nitrogens with zero attached hydrogens (tertiary/aromatic N) is 2. The Morgan fingerprint density at radius 2 is 1.90 bits per heavy atom. The molecule has 2 aromatic carbocycles. The third-order valence-corrected chi connectivity index (χ3v) is 5.74. The minimum Gasteiger partial charge on any atom is -0.494 e. The highest BCUT2D eigenvalue weighted by Gasteiger charge is 2.34. The zero-order valence-corrected chi connectivity index (χ0v) is 18.1. The highest BCUT2D eigenvalue weighted by Crippen LogP contribution is 2.30. The number of halogens is 2. The summed E-state index contributed by atoms with van der Waals surface area (Å²) in [6, 6.07) is 12.0. The van der Waals surface area contributed by atoms with Gasteiger partial charge in [0, 0.05) is 29.2 Å². The molecule has 1 atom stereocenters. The predicted molar refractivity (Wildman–Crippen MR) is 119 cm³/mol. The number of nitrogens with one attached hydrogen (secondary N) is 1. The molecule has 1 aliphatic heterocycles. The number of thioether (sulfide) groups is 1. The lowest BCUT2D eigenvalue weighted by Crippen LogP contribution is -2.43. The molecular weight excluding hydrogens is 433 g/mol. The van der Waals surface area contributed by atoms with E-state index in [1.54, 1.807) is 37.4 Å². The molecule has 1 fully saturated rings. The van der Waals surface area contributed by atoms with Gasteiger partial charge < -0.3 is 10.1 Å². The number of aliphatic imine (C=N–C) groups is 1. The van der Waals surface area contributed by atoms with Crippen molar-refractivity contribution in [2.75, 3.05) is 19.0 Å². The van der Waals surface area contributed by atoms with Crippen molar-refractivity contribution in [2.45, 2.75) is 18.6 Å². The van der Waals surface area contributed by atoms with Gasteiger partial charge in [0.2, 0.25) is 11.8 Å². The summed E-state index contributed by atoms with van der Waals surface area (Å²) in [5.41, 5.74) is 1.14. The first-order valence-corrected chi connectivity index (χ1v) is 10.5. The number of hydrogen-bond donors (Lipinski definition) is 1. The number of carbonyl (C=O) groups is 2. The largest absolute Gasteiger partial charge is 0.494 e. The average Bonchev–Trinajstić information content (AvgIpc) is 2.66. The molecule has 0 aromatic heterocycles. The van der Waals surface area contributed by atoms with Crippen LogP contribution in [0, 0.1) is 0 Å². The fraction of sp³-hybridized carbons (Fsp3) is 0.250. The number of benzene rings is 2. The van der Waals surface area contributed by atoms with Crippen LogP contribution in [0.4, 0.5) is 11.4 Å². The van der Waals surface area contributed by atoms with Crippen LogP contribution in [0.25, 0.3) is 0 Å². The second-order valence-corrected chi connectivity index (χ2v) is 8.27. The summed E-state index contributed by atoms with van der Waals surface area (Å²) in [6.07, 6.45) is 0.0730. The van der Waals surface area contributed by atoms with Gasteiger partial charge in [-0.1, -0.05) is 35.0 Å². The molecule has 1 aliphatic rings. The van der Waals surface area contributed by atoms with Crippen LogP contribution in [-0.2, 0) is 9.59 Å². The Kier molecular flexibility index (Phi) is 7.05. The maximum absolute atomic E-state index is 12.7. The van der Waals surface area contributed by atoms with Crippen LogP contribution >= 0.6 is 35.0 Å². The van der Waals surface area contributed by atoms with E-state index in [-0.39, 0.29) is 18.2 Å². The summed E-state index contributed by atoms with van der Waals surface area (Å²) in [5, 5.41) is 3.43. The Hall–Kier alpha value is -2.22. The van der Waals surface area contributed by atoms with E-state index < -0.39 is 5.25 Å². The molecule has 1 heterocycles. The second kappa shape index (κ2) is 9.52. The molecule has 0 radical (unpaired) electrons. The highest BCUT2D eigenvalue weighted by molar-refractivity contribution is 8.15. The summed E-state index contributed by atoms with van der Waals surface area (Å²) in [6.45, 7) is 2.49. The van der Waals surface area contributed by atoms with Gasteiger partial charge in [-0.25, -0.2) is 4.99 Å². The SMILES string of the molecule is CCOc1ccc(N=C2S[C@H](C(=O)Nc3cc(Cl)cc(Cl)c3)CC(=O)N2C)cc1. The van der Waals surface area contributed by atoms with Gasteiger partial charge in [0.15, 0.2) is 5.17 Å². The quantitative estimate of drug-likeness (QED) is 0.695. The van der Waals surface area contributed by atoms with E-state index in [2.05, 4.69) is 10.3 Å². The molecule has 1 saturated heterocycles. The lowest BCUT2D eigenvalue weighted by Gasteiger charge is -2.28. The normalized spacial score (nSPS) is 18.1. The number of anilines is 1. The molecular formula is C20H19Cl2N3O3S. The van der Waals surface area contributed by atoms with Crippen molar-refractivity contribution in [2.24, 2.45) is 4.99 Å². The first-order valence-electron chi connectivity index (χ1n) is 8.87. The summed E-state index contributed by atoms with van der Waals surface area (Å²) in [4.78, 5) is 31.1. The molecule has 3 rings (SSSR count). The van der Waals surface area contributed by atoms with Crippen molar-refractivity contribution in [1.82, 2.24) is 4.90 Å². The molecule has 0 aliphatic carbocycles. The second-order valence-electron chi connectivity index (χ2n) is 6.23. The smallest absolute Gasteiger partial charge is 0.238 e. The first-order chi connectivity index (χ1) is 13.9. The first kappa shape index (κ1) is 21.5. The predicted octanol–water partition coefficient (Wildman–Crippen LogP) is 4.98. The van der Waals surface area contributed by atoms with Gasteiger partial charge in [-0.2, -0.15) is 0 Å². The van der Waals surface area contributed by atoms with Crippen molar-refractivity contribution in [1.29, 1.82) is 0 Å². The van der Waals surface area contributed by atoms with Gasteiger partial charge in [0.05, 0.1) is 12.3 Å². The Morgan fingerprint density at radius 3 is 2.52 bits per heavy atom. The maximum atomic E-state index is 12.7. The topological polar surface area (TPSA) is 71.0 Å². The Bertz CT molecular complexity index is 930. The molecule has 0 unspecified atom stereocenters. The maximum Gasteiger partial charge on any atom is 0.238 e. The standard InChI is InChI=1S/C20H19Cl2N3O3S/c1-3-28-16-6-4-14(5-7-16)24-20-25(2)18(26)11-17(29-20)19(27)23-15-9-12(21)8-13(22)10-15/h4-10,17H,3,11H2,1-2H3,(H,23,27)/t17-/m0/s1. The molecule has 152 valence electrons. The van der Waals surface area contributed by atoms with E-state index in [0.717, 1.165) is 5.75 Å². The monoisotopic (exact) mass is 451 g/mol. The third kappa shape index (κ3) is 5.65. The van der Waals surface area contributed by atoms with E-state index in [0.29, 0.717) is 33.2 Å². The van der Waals surface area contributed by atoms with E-state index in [1.807, 2.05) is 19.1 Å². The molecule has 0 spiro atoms.